The van der Waals surface area contributed by atoms with E-state index in [4.69, 9.17) is 13.3 Å². The Hall–Kier alpha value is 0.0969. The summed E-state index contributed by atoms with van der Waals surface area (Å²) >= 11 is 0. The molecule has 0 aliphatic rings. The van der Waals surface area contributed by atoms with Crippen molar-refractivity contribution < 1.29 is 13.3 Å². The van der Waals surface area contributed by atoms with Crippen LogP contribution in [0.4, 0.5) is 0 Å². The molecular weight excluding hydrogens is 292 g/mol. The molecular formula is C18H40O3Si. The highest BCUT2D eigenvalue weighted by atomic mass is 28.4. The van der Waals surface area contributed by atoms with Crippen LogP contribution < -0.4 is 0 Å². The average molecular weight is 333 g/mol. The first kappa shape index (κ1) is 22.1. The Bertz CT molecular complexity index is 240. The maximum absolute atomic E-state index is 6.35. The Morgan fingerprint density at radius 3 is 1.82 bits per heavy atom. The minimum Gasteiger partial charge on any atom is -0.374 e. The molecule has 22 heavy (non-hydrogen) atoms. The number of hydrogen-bond donors (Lipinski definition) is 0. The molecule has 0 amide bonds. The van der Waals surface area contributed by atoms with Gasteiger partial charge in [-0.15, -0.1) is 0 Å². The zero-order valence-corrected chi connectivity index (χ0v) is 17.0. The molecule has 0 aromatic rings. The molecule has 0 aromatic carbocycles. The molecule has 0 saturated carbocycles. The SMILES string of the molecule is CCCCCCCC[Si](OCC)(OCC)OC(C)CC(C)C. The average Bonchev–Trinajstić information content (AvgIpc) is 2.42. The largest absolute Gasteiger partial charge is 0.501 e. The van der Waals surface area contributed by atoms with Crippen LogP contribution in [-0.2, 0) is 13.3 Å². The van der Waals surface area contributed by atoms with Crippen LogP contribution >= 0.6 is 0 Å². The van der Waals surface area contributed by atoms with Gasteiger partial charge in [0.15, 0.2) is 0 Å². The second-order valence-corrected chi connectivity index (χ2v) is 9.30. The molecule has 4 heteroatoms. The summed E-state index contributed by atoms with van der Waals surface area (Å²) in [5.41, 5.74) is 0. The molecule has 0 aliphatic carbocycles. The summed E-state index contributed by atoms with van der Waals surface area (Å²) in [4.78, 5) is 0. The van der Waals surface area contributed by atoms with E-state index in [-0.39, 0.29) is 6.10 Å². The molecule has 0 spiro atoms. The van der Waals surface area contributed by atoms with Gasteiger partial charge in [0, 0.05) is 25.4 Å². The van der Waals surface area contributed by atoms with Crippen LogP contribution in [0.2, 0.25) is 6.04 Å². The van der Waals surface area contributed by atoms with Crippen molar-refractivity contribution in [1.29, 1.82) is 0 Å². The number of rotatable bonds is 15. The van der Waals surface area contributed by atoms with Gasteiger partial charge < -0.3 is 13.3 Å². The van der Waals surface area contributed by atoms with E-state index in [9.17, 15) is 0 Å². The molecule has 1 atom stereocenters. The molecule has 0 rings (SSSR count). The maximum Gasteiger partial charge on any atom is 0.501 e. The second kappa shape index (κ2) is 13.5. The highest BCUT2D eigenvalue weighted by Crippen LogP contribution is 2.24. The molecule has 134 valence electrons. The molecule has 0 radical (unpaired) electrons. The standard InChI is InChI=1S/C18H40O3Si/c1-7-10-11-12-13-14-15-22(19-8-2,20-9-3)21-18(6)16-17(4)5/h17-18H,7-16H2,1-6H3. The predicted molar refractivity (Wildman–Crippen MR) is 97.2 cm³/mol. The van der Waals surface area contributed by atoms with E-state index >= 15 is 0 Å². The van der Waals surface area contributed by atoms with E-state index < -0.39 is 8.80 Å². The molecule has 0 aromatic heterocycles. The van der Waals surface area contributed by atoms with Gasteiger partial charge in [0.05, 0.1) is 0 Å². The topological polar surface area (TPSA) is 27.7 Å². The monoisotopic (exact) mass is 332 g/mol. The van der Waals surface area contributed by atoms with E-state index in [1.54, 1.807) is 0 Å². The van der Waals surface area contributed by atoms with Crippen molar-refractivity contribution in [2.75, 3.05) is 13.2 Å². The van der Waals surface area contributed by atoms with Gasteiger partial charge in [0.1, 0.15) is 0 Å². The van der Waals surface area contributed by atoms with Crippen molar-refractivity contribution in [1.82, 2.24) is 0 Å². The normalized spacial score (nSPS) is 13.8. The lowest BCUT2D eigenvalue weighted by Crippen LogP contribution is -2.48. The quantitative estimate of drug-likeness (QED) is 0.280. The first-order valence-electron chi connectivity index (χ1n) is 9.45. The molecule has 0 aliphatic heterocycles. The lowest BCUT2D eigenvalue weighted by atomic mass is 10.1. The van der Waals surface area contributed by atoms with Crippen LogP contribution in [-0.4, -0.2) is 28.1 Å². The van der Waals surface area contributed by atoms with Crippen LogP contribution in [0, 0.1) is 5.92 Å². The van der Waals surface area contributed by atoms with Crippen molar-refractivity contribution in [2.45, 2.75) is 98.6 Å². The predicted octanol–water partition coefficient (Wildman–Crippen LogP) is 5.81. The fourth-order valence-corrected chi connectivity index (χ4v) is 5.79. The maximum atomic E-state index is 6.35. The molecule has 0 N–H and O–H groups in total. The van der Waals surface area contributed by atoms with Crippen LogP contribution in [0.15, 0.2) is 0 Å². The van der Waals surface area contributed by atoms with E-state index in [2.05, 4.69) is 27.7 Å². The highest BCUT2D eigenvalue weighted by Gasteiger charge is 2.41. The first-order valence-corrected chi connectivity index (χ1v) is 11.4. The van der Waals surface area contributed by atoms with Crippen LogP contribution in [0.5, 0.6) is 0 Å². The van der Waals surface area contributed by atoms with Crippen molar-refractivity contribution in [3.05, 3.63) is 0 Å². The summed E-state index contributed by atoms with van der Waals surface area (Å²) < 4.78 is 18.4. The second-order valence-electron chi connectivity index (χ2n) is 6.62. The van der Waals surface area contributed by atoms with E-state index in [0.29, 0.717) is 19.1 Å². The minimum absolute atomic E-state index is 0.213. The summed E-state index contributed by atoms with van der Waals surface area (Å²) in [5, 5.41) is 0. The van der Waals surface area contributed by atoms with Gasteiger partial charge in [0.25, 0.3) is 0 Å². The molecule has 0 saturated heterocycles. The summed E-state index contributed by atoms with van der Waals surface area (Å²) in [6.07, 6.45) is 9.00. The lowest BCUT2D eigenvalue weighted by molar-refractivity contribution is 0.0311. The molecule has 0 bridgehead atoms. The van der Waals surface area contributed by atoms with Gasteiger partial charge in [-0.1, -0.05) is 52.9 Å². The van der Waals surface area contributed by atoms with Crippen molar-refractivity contribution >= 4 is 8.80 Å². The van der Waals surface area contributed by atoms with E-state index in [1.807, 2.05) is 13.8 Å². The van der Waals surface area contributed by atoms with Crippen LogP contribution in [0.1, 0.15) is 86.5 Å². The highest BCUT2D eigenvalue weighted by molar-refractivity contribution is 6.60. The van der Waals surface area contributed by atoms with Crippen LogP contribution in [0.25, 0.3) is 0 Å². The minimum atomic E-state index is -2.49. The van der Waals surface area contributed by atoms with E-state index in [0.717, 1.165) is 18.9 Å². The molecule has 3 nitrogen and oxygen atoms in total. The van der Waals surface area contributed by atoms with Crippen LogP contribution in [0.3, 0.4) is 0 Å². The fourth-order valence-electron chi connectivity index (χ4n) is 2.89. The third kappa shape index (κ3) is 10.8. The zero-order chi connectivity index (χ0) is 16.8. The molecule has 0 fully saturated rings. The van der Waals surface area contributed by atoms with Gasteiger partial charge in [0.2, 0.25) is 0 Å². The Labute approximate surface area is 140 Å². The van der Waals surface area contributed by atoms with Crippen molar-refractivity contribution in [3.8, 4) is 0 Å². The lowest BCUT2D eigenvalue weighted by Gasteiger charge is -2.32. The summed E-state index contributed by atoms with van der Waals surface area (Å²) in [6.45, 7) is 14.3. The van der Waals surface area contributed by atoms with Gasteiger partial charge in [-0.05, 0) is 39.5 Å². The third-order valence-electron chi connectivity index (χ3n) is 3.75. The molecule has 1 unspecified atom stereocenters. The van der Waals surface area contributed by atoms with Gasteiger partial charge in [-0.3, -0.25) is 0 Å². The van der Waals surface area contributed by atoms with Crippen molar-refractivity contribution in [2.24, 2.45) is 5.92 Å². The summed E-state index contributed by atoms with van der Waals surface area (Å²) in [6, 6.07) is 0.962. The number of unbranched alkanes of at least 4 members (excludes halogenated alkanes) is 5. The Balaban J connectivity index is 4.42. The molecule has 0 heterocycles. The van der Waals surface area contributed by atoms with Gasteiger partial charge >= 0.3 is 8.80 Å². The fraction of sp³-hybridized carbons (Fsp3) is 1.00. The Kier molecular flexibility index (Phi) is 13.6. The van der Waals surface area contributed by atoms with E-state index in [1.165, 1.54) is 32.1 Å². The van der Waals surface area contributed by atoms with Gasteiger partial charge in [-0.25, -0.2) is 0 Å². The Morgan fingerprint density at radius 1 is 0.773 bits per heavy atom. The summed E-state index contributed by atoms with van der Waals surface area (Å²) in [5.74, 6) is 0.638. The first-order chi connectivity index (χ1) is 10.5. The third-order valence-corrected chi connectivity index (χ3v) is 6.93. The van der Waals surface area contributed by atoms with Gasteiger partial charge in [-0.2, -0.15) is 0 Å². The smallest absolute Gasteiger partial charge is 0.374 e. The Morgan fingerprint density at radius 2 is 1.32 bits per heavy atom. The van der Waals surface area contributed by atoms with Crippen molar-refractivity contribution in [3.63, 3.8) is 0 Å². The zero-order valence-electron chi connectivity index (χ0n) is 16.0. The number of hydrogen-bond acceptors (Lipinski definition) is 3. The summed E-state index contributed by atoms with van der Waals surface area (Å²) in [7, 11) is -2.49.